The Morgan fingerprint density at radius 2 is 1.04 bits per heavy atom. The summed E-state index contributed by atoms with van der Waals surface area (Å²) in [5.41, 5.74) is 10.2. The zero-order chi connectivity index (χ0) is 31.4. The second-order valence-corrected chi connectivity index (χ2v) is 13.9. The second-order valence-electron chi connectivity index (χ2n) is 11.9. The lowest BCUT2D eigenvalue weighted by atomic mass is 9.93. The van der Waals surface area contributed by atoms with Gasteiger partial charge in [-0.1, -0.05) is 121 Å². The van der Waals surface area contributed by atoms with Crippen molar-refractivity contribution < 1.29 is 14.0 Å². The minimum absolute atomic E-state index is 0.748. The molecule has 0 bridgehead atoms. The van der Waals surface area contributed by atoms with Gasteiger partial charge in [-0.05, 0) is 40.1 Å². The number of thioether (sulfide) groups is 1. The van der Waals surface area contributed by atoms with Crippen LogP contribution >= 0.6 is 23.1 Å². The molecule has 4 heterocycles. The smallest absolute Gasteiger partial charge is 0.248 e. The van der Waals surface area contributed by atoms with Crippen molar-refractivity contribution in [2.45, 2.75) is 0 Å². The first-order chi connectivity index (χ1) is 23.3. The van der Waals surface area contributed by atoms with Gasteiger partial charge in [0.05, 0.1) is 18.8 Å². The standard InChI is InChI=1S/C41H37N2O2S2/c1-5-13-30(14-6-1)36-34(46-40(42-21-25-44-26-22-42)38(36)32-17-9-3-10-18-32)29-35-37(31-15-7-2-8-16-31)39(33-19-11-4-12-20-33)41(47-35)43-23-27-45-28-24-43/h1-20,29H,21-28H2/q+1. The van der Waals surface area contributed by atoms with E-state index in [1.807, 2.05) is 23.1 Å². The molecule has 3 aliphatic rings. The molecule has 3 aliphatic heterocycles. The van der Waals surface area contributed by atoms with Crippen molar-refractivity contribution in [1.29, 1.82) is 0 Å². The molecule has 4 nitrogen and oxygen atoms in total. The number of rotatable bonds is 6. The molecular weight excluding hydrogens is 617 g/mol. The van der Waals surface area contributed by atoms with Gasteiger partial charge in [0.15, 0.2) is 13.1 Å². The van der Waals surface area contributed by atoms with Crippen LogP contribution in [0.3, 0.4) is 0 Å². The first kappa shape index (κ1) is 30.2. The number of benzene rings is 4. The lowest BCUT2D eigenvalue weighted by Crippen LogP contribution is -2.35. The van der Waals surface area contributed by atoms with Crippen LogP contribution in [-0.4, -0.2) is 62.2 Å². The molecule has 0 radical (unpaired) electrons. The number of hydrogen-bond donors (Lipinski definition) is 0. The van der Waals surface area contributed by atoms with Crippen LogP contribution < -0.4 is 4.90 Å². The lowest BCUT2D eigenvalue weighted by molar-refractivity contribution is -0.545. The molecule has 8 rings (SSSR count). The van der Waals surface area contributed by atoms with Crippen molar-refractivity contribution in [1.82, 2.24) is 0 Å². The van der Waals surface area contributed by atoms with E-state index in [0.29, 0.717) is 0 Å². The molecule has 1 aromatic heterocycles. The summed E-state index contributed by atoms with van der Waals surface area (Å²) in [4.78, 5) is 5.09. The Morgan fingerprint density at radius 3 is 1.62 bits per heavy atom. The second kappa shape index (κ2) is 13.9. The Bertz CT molecular complexity index is 1930. The highest BCUT2D eigenvalue weighted by Crippen LogP contribution is 2.53. The van der Waals surface area contributed by atoms with Gasteiger partial charge in [0, 0.05) is 39.6 Å². The van der Waals surface area contributed by atoms with E-state index in [0.717, 1.165) is 52.6 Å². The third-order valence-electron chi connectivity index (χ3n) is 8.94. The average Bonchev–Trinajstić information content (AvgIpc) is 3.73. The fraction of sp³-hybridized carbons (Fsp3) is 0.195. The molecule has 0 amide bonds. The first-order valence-electron chi connectivity index (χ1n) is 16.4. The van der Waals surface area contributed by atoms with Crippen molar-refractivity contribution in [2.75, 3.05) is 57.5 Å². The van der Waals surface area contributed by atoms with E-state index in [4.69, 9.17) is 9.47 Å². The van der Waals surface area contributed by atoms with E-state index in [9.17, 15) is 0 Å². The van der Waals surface area contributed by atoms with Crippen LogP contribution in [0.4, 0.5) is 5.00 Å². The Kier molecular flexibility index (Phi) is 8.91. The maximum atomic E-state index is 5.81. The highest BCUT2D eigenvalue weighted by Gasteiger charge is 2.37. The highest BCUT2D eigenvalue weighted by atomic mass is 32.2. The third-order valence-corrected chi connectivity index (χ3v) is 11.3. The van der Waals surface area contributed by atoms with Gasteiger partial charge in [-0.25, -0.2) is 4.58 Å². The van der Waals surface area contributed by atoms with E-state index < -0.39 is 0 Å². The van der Waals surface area contributed by atoms with Crippen molar-refractivity contribution in [3.8, 4) is 22.3 Å². The SMILES string of the molecule is C(=C1/SC(=[N+]2CCOCC2)C(c2ccccc2)=C1c1ccccc1)/c1sc(N2CCOCC2)c(-c2ccccc2)c1-c1ccccc1. The summed E-state index contributed by atoms with van der Waals surface area (Å²) in [7, 11) is 0. The maximum Gasteiger partial charge on any atom is 0.248 e. The van der Waals surface area contributed by atoms with Crippen LogP contribution in [0.15, 0.2) is 126 Å². The Balaban J connectivity index is 1.41. The molecule has 4 aromatic carbocycles. The lowest BCUT2D eigenvalue weighted by Gasteiger charge is -2.29. The maximum absolute atomic E-state index is 5.81. The molecule has 2 fully saturated rings. The van der Waals surface area contributed by atoms with Crippen LogP contribution in [0.5, 0.6) is 0 Å². The van der Waals surface area contributed by atoms with Crippen molar-refractivity contribution in [2.24, 2.45) is 0 Å². The largest absolute Gasteiger partial charge is 0.378 e. The van der Waals surface area contributed by atoms with Gasteiger partial charge >= 0.3 is 0 Å². The van der Waals surface area contributed by atoms with Gasteiger partial charge in [0.1, 0.15) is 18.2 Å². The molecule has 5 aromatic rings. The summed E-state index contributed by atoms with van der Waals surface area (Å²) in [6, 6.07) is 43.7. The number of ether oxygens (including phenoxy) is 2. The van der Waals surface area contributed by atoms with Gasteiger partial charge in [-0.15, -0.1) is 11.3 Å². The summed E-state index contributed by atoms with van der Waals surface area (Å²) in [6.45, 7) is 6.56. The Hall–Kier alpha value is -4.20. The zero-order valence-electron chi connectivity index (χ0n) is 26.3. The van der Waals surface area contributed by atoms with Crippen LogP contribution in [-0.2, 0) is 9.47 Å². The summed E-state index contributed by atoms with van der Waals surface area (Å²) in [6.07, 6.45) is 2.48. The topological polar surface area (TPSA) is 24.7 Å². The fourth-order valence-corrected chi connectivity index (χ4v) is 9.46. The molecular formula is C41H37N2O2S2+. The summed E-state index contributed by atoms with van der Waals surface area (Å²) < 4.78 is 14.1. The third kappa shape index (κ3) is 6.15. The van der Waals surface area contributed by atoms with Crippen molar-refractivity contribution in [3.05, 3.63) is 142 Å². The molecule has 0 N–H and O–H groups in total. The minimum Gasteiger partial charge on any atom is -0.378 e. The normalized spacial score (nSPS) is 18.0. The first-order valence-corrected chi connectivity index (χ1v) is 18.0. The van der Waals surface area contributed by atoms with Gasteiger partial charge < -0.3 is 14.4 Å². The molecule has 0 aliphatic carbocycles. The molecule has 0 spiro atoms. The molecule has 2 saturated heterocycles. The number of hydrogen-bond acceptors (Lipinski definition) is 5. The molecule has 0 atom stereocenters. The number of morpholine rings is 2. The van der Waals surface area contributed by atoms with Gasteiger partial charge in [-0.2, -0.15) is 0 Å². The van der Waals surface area contributed by atoms with Crippen LogP contribution in [0, 0.1) is 0 Å². The van der Waals surface area contributed by atoms with Crippen molar-refractivity contribution >= 4 is 50.4 Å². The molecule has 6 heteroatoms. The minimum atomic E-state index is 0.748. The quantitative estimate of drug-likeness (QED) is 0.171. The highest BCUT2D eigenvalue weighted by molar-refractivity contribution is 8.19. The molecule has 234 valence electrons. The van der Waals surface area contributed by atoms with E-state index in [1.165, 1.54) is 64.4 Å². The average molecular weight is 654 g/mol. The Labute approximate surface area is 285 Å². The van der Waals surface area contributed by atoms with Crippen LogP contribution in [0.25, 0.3) is 39.5 Å². The van der Waals surface area contributed by atoms with Crippen LogP contribution in [0.2, 0.25) is 0 Å². The van der Waals surface area contributed by atoms with Gasteiger partial charge in [0.25, 0.3) is 0 Å². The van der Waals surface area contributed by atoms with E-state index in [1.54, 1.807) is 0 Å². The number of thiophene rings is 1. The predicted octanol–water partition coefficient (Wildman–Crippen LogP) is 9.06. The van der Waals surface area contributed by atoms with Gasteiger partial charge in [0.2, 0.25) is 5.04 Å². The van der Waals surface area contributed by atoms with E-state index >= 15 is 0 Å². The zero-order valence-corrected chi connectivity index (χ0v) is 27.9. The summed E-state index contributed by atoms with van der Waals surface area (Å²) in [5, 5.41) is 2.64. The number of nitrogens with zero attached hydrogens (tertiary/aromatic N) is 2. The number of allylic oxidation sites excluding steroid dienone is 1. The molecule has 47 heavy (non-hydrogen) atoms. The van der Waals surface area contributed by atoms with Crippen LogP contribution in [0.1, 0.15) is 16.0 Å². The number of anilines is 1. The van der Waals surface area contributed by atoms with Crippen molar-refractivity contribution in [3.63, 3.8) is 0 Å². The van der Waals surface area contributed by atoms with Gasteiger partial charge in [-0.3, -0.25) is 0 Å². The Morgan fingerprint density at radius 1 is 0.553 bits per heavy atom. The molecule has 0 saturated carbocycles. The molecule has 0 unspecified atom stereocenters. The summed E-state index contributed by atoms with van der Waals surface area (Å²) >= 11 is 3.83. The predicted molar refractivity (Wildman–Crippen MR) is 199 cm³/mol. The monoisotopic (exact) mass is 653 g/mol. The van der Waals surface area contributed by atoms with E-state index in [2.05, 4.69) is 137 Å². The van der Waals surface area contributed by atoms with E-state index in [-0.39, 0.29) is 0 Å². The summed E-state index contributed by atoms with van der Waals surface area (Å²) in [5.74, 6) is 0. The fourth-order valence-electron chi connectivity index (χ4n) is 6.70.